The van der Waals surface area contributed by atoms with Gasteiger partial charge in [0.05, 0.1) is 6.04 Å². The smallest absolute Gasteiger partial charge is 0.329 e. The lowest BCUT2D eigenvalue weighted by molar-refractivity contribution is -0.148. The number of carbonyl (C=O) groups is 6. The molecule has 0 saturated carbocycles. The largest absolute Gasteiger partial charge is 0.459 e. The van der Waals surface area contributed by atoms with Crippen LogP contribution >= 0.6 is 0 Å². The van der Waals surface area contributed by atoms with E-state index in [9.17, 15) is 33.2 Å². The van der Waals surface area contributed by atoms with Gasteiger partial charge >= 0.3 is 12.0 Å². The summed E-state index contributed by atoms with van der Waals surface area (Å²) in [4.78, 5) is 80.2. The van der Waals surface area contributed by atoms with Gasteiger partial charge in [-0.05, 0) is 47.8 Å². The van der Waals surface area contributed by atoms with Crippen LogP contribution in [0.15, 0.2) is 36.9 Å². The maximum atomic E-state index is 14.0. The van der Waals surface area contributed by atoms with Crippen LogP contribution in [0, 0.1) is 23.1 Å². The SMILES string of the molecule is C=CCNC(=O)C(=O)C(CCC)NC(=O)C1C[C@@H](C)CN1C(=O)C(NC(=O)NC(C(=O)OCc1ccc(F)cc1)C(C)C)C(C)(C)C. The van der Waals surface area contributed by atoms with Crippen molar-refractivity contribution >= 4 is 35.5 Å². The third-order valence-corrected chi connectivity index (χ3v) is 7.83. The molecule has 260 valence electrons. The van der Waals surface area contributed by atoms with E-state index in [0.717, 1.165) is 0 Å². The Bertz CT molecular complexity index is 1290. The summed E-state index contributed by atoms with van der Waals surface area (Å²) in [6.07, 6.45) is 2.52. The number of hydrogen-bond acceptors (Lipinski definition) is 7. The molecule has 5 amide bonds. The molecule has 4 unspecified atom stereocenters. The Morgan fingerprint density at radius 3 is 2.26 bits per heavy atom. The first kappa shape index (κ1) is 38.9. The van der Waals surface area contributed by atoms with E-state index >= 15 is 0 Å². The Labute approximate surface area is 276 Å². The van der Waals surface area contributed by atoms with Crippen LogP contribution in [0.5, 0.6) is 0 Å². The highest BCUT2D eigenvalue weighted by Crippen LogP contribution is 2.28. The molecule has 47 heavy (non-hydrogen) atoms. The van der Waals surface area contributed by atoms with Crippen molar-refractivity contribution in [3.8, 4) is 0 Å². The second kappa shape index (κ2) is 17.6. The second-order valence-electron chi connectivity index (χ2n) is 13.4. The Morgan fingerprint density at radius 2 is 1.70 bits per heavy atom. The summed E-state index contributed by atoms with van der Waals surface area (Å²) in [6, 6.07) is 0.566. The first-order chi connectivity index (χ1) is 22.0. The number of rotatable bonds is 15. The molecular formula is C34H50FN5O7. The van der Waals surface area contributed by atoms with Crippen molar-refractivity contribution in [1.29, 1.82) is 0 Å². The third-order valence-electron chi connectivity index (χ3n) is 7.83. The van der Waals surface area contributed by atoms with Crippen molar-refractivity contribution in [1.82, 2.24) is 26.2 Å². The highest BCUT2D eigenvalue weighted by molar-refractivity contribution is 6.38. The van der Waals surface area contributed by atoms with Gasteiger partial charge in [-0.3, -0.25) is 19.2 Å². The van der Waals surface area contributed by atoms with Gasteiger partial charge in [-0.1, -0.05) is 73.1 Å². The Kier molecular flexibility index (Phi) is 14.5. The fraction of sp³-hybridized carbons (Fsp3) is 0.588. The lowest BCUT2D eigenvalue weighted by Gasteiger charge is -2.36. The summed E-state index contributed by atoms with van der Waals surface area (Å²) in [6.45, 7) is 16.2. The highest BCUT2D eigenvalue weighted by atomic mass is 19.1. The van der Waals surface area contributed by atoms with Crippen LogP contribution in [0.2, 0.25) is 0 Å². The molecule has 4 N–H and O–H groups in total. The number of esters is 1. The van der Waals surface area contributed by atoms with Crippen molar-refractivity contribution in [3.05, 3.63) is 48.3 Å². The number of Topliss-reactive ketones (excluding diaryl/α,β-unsaturated/α-hetero) is 1. The first-order valence-electron chi connectivity index (χ1n) is 16.0. The van der Waals surface area contributed by atoms with Gasteiger partial charge in [0.25, 0.3) is 5.91 Å². The van der Waals surface area contributed by atoms with E-state index in [4.69, 9.17) is 4.74 Å². The number of halogens is 1. The van der Waals surface area contributed by atoms with E-state index in [2.05, 4.69) is 27.8 Å². The predicted octanol–water partition coefficient (Wildman–Crippen LogP) is 3.00. The zero-order valence-electron chi connectivity index (χ0n) is 28.5. The maximum absolute atomic E-state index is 14.0. The molecule has 1 aliphatic heterocycles. The molecule has 1 fully saturated rings. The molecule has 0 spiro atoms. The van der Waals surface area contributed by atoms with E-state index in [0.29, 0.717) is 18.4 Å². The van der Waals surface area contributed by atoms with Crippen molar-refractivity contribution in [2.45, 2.75) is 98.5 Å². The molecule has 1 aromatic carbocycles. The number of benzene rings is 1. The van der Waals surface area contributed by atoms with Crippen molar-refractivity contribution in [3.63, 3.8) is 0 Å². The minimum atomic E-state index is -1.09. The van der Waals surface area contributed by atoms with E-state index < -0.39 is 70.9 Å². The van der Waals surface area contributed by atoms with Gasteiger partial charge in [0.2, 0.25) is 17.6 Å². The molecule has 13 heteroatoms. The number of amides is 5. The van der Waals surface area contributed by atoms with Gasteiger partial charge in [-0.25, -0.2) is 14.0 Å². The van der Waals surface area contributed by atoms with Crippen LogP contribution in [0.1, 0.15) is 73.3 Å². The molecule has 2 rings (SSSR count). The monoisotopic (exact) mass is 659 g/mol. The minimum absolute atomic E-state index is 0.0541. The Balaban J connectivity index is 2.18. The molecule has 0 bridgehead atoms. The second-order valence-corrected chi connectivity index (χ2v) is 13.4. The van der Waals surface area contributed by atoms with E-state index in [1.54, 1.807) is 34.6 Å². The zero-order valence-corrected chi connectivity index (χ0v) is 28.5. The van der Waals surface area contributed by atoms with Crippen LogP contribution in [0.3, 0.4) is 0 Å². The van der Waals surface area contributed by atoms with Gasteiger partial charge < -0.3 is 30.9 Å². The lowest BCUT2D eigenvalue weighted by Crippen LogP contribution is -2.61. The molecule has 5 atom stereocenters. The number of ketones is 1. The van der Waals surface area contributed by atoms with E-state index in [1.165, 1.54) is 35.2 Å². The topological polar surface area (TPSA) is 163 Å². The summed E-state index contributed by atoms with van der Waals surface area (Å²) >= 11 is 0. The summed E-state index contributed by atoms with van der Waals surface area (Å²) < 4.78 is 18.6. The van der Waals surface area contributed by atoms with Gasteiger partial charge in [-0.15, -0.1) is 6.58 Å². The summed E-state index contributed by atoms with van der Waals surface area (Å²) in [5, 5.41) is 10.4. The van der Waals surface area contributed by atoms with E-state index in [1.807, 2.05) is 13.8 Å². The molecule has 1 aromatic rings. The van der Waals surface area contributed by atoms with Crippen molar-refractivity contribution < 1.29 is 37.9 Å². The number of nitrogens with one attached hydrogen (secondary N) is 4. The summed E-state index contributed by atoms with van der Waals surface area (Å²) in [7, 11) is 0. The van der Waals surface area contributed by atoms with Crippen LogP contribution in [0.25, 0.3) is 0 Å². The van der Waals surface area contributed by atoms with Gasteiger partial charge in [-0.2, -0.15) is 0 Å². The number of hydrogen-bond donors (Lipinski definition) is 4. The predicted molar refractivity (Wildman–Crippen MR) is 174 cm³/mol. The third kappa shape index (κ3) is 11.5. The number of likely N-dealkylation sites (tertiary alicyclic amines) is 1. The number of ether oxygens (including phenoxy) is 1. The zero-order chi connectivity index (χ0) is 35.5. The Hall–Kier alpha value is -4.29. The standard InChI is InChI=1S/C34H50FN5O7/c1-9-11-24(27(41)30(43)36-16-10-2)37-29(42)25-17-21(5)18-40(25)31(44)28(34(6,7)8)39-33(46)38-26(20(3)4)32(45)47-19-22-12-14-23(35)15-13-22/h10,12-15,20-21,24-26,28H,2,9,11,16-19H2,1,3-8H3,(H,36,43)(H,37,42)(H2,38,39,46)/t21-,24?,25?,26?,28?/m1/s1. The normalized spacial score (nSPS) is 18.0. The quantitative estimate of drug-likeness (QED) is 0.128. The number of urea groups is 1. The molecule has 0 radical (unpaired) electrons. The lowest BCUT2D eigenvalue weighted by atomic mass is 9.85. The molecule has 1 aliphatic rings. The average molecular weight is 660 g/mol. The van der Waals surface area contributed by atoms with Gasteiger partial charge in [0, 0.05) is 13.1 Å². The average Bonchev–Trinajstić information content (AvgIpc) is 3.40. The van der Waals surface area contributed by atoms with Crippen LogP contribution in [0.4, 0.5) is 9.18 Å². The summed E-state index contributed by atoms with van der Waals surface area (Å²) in [5.74, 6) is -4.22. The van der Waals surface area contributed by atoms with Crippen molar-refractivity contribution in [2.75, 3.05) is 13.1 Å². The molecule has 1 saturated heterocycles. The molecule has 1 heterocycles. The van der Waals surface area contributed by atoms with Crippen molar-refractivity contribution in [2.24, 2.45) is 17.3 Å². The molecule has 0 aromatic heterocycles. The van der Waals surface area contributed by atoms with Crippen LogP contribution in [-0.4, -0.2) is 77.7 Å². The van der Waals surface area contributed by atoms with Gasteiger partial charge in [0.1, 0.15) is 30.5 Å². The Morgan fingerprint density at radius 1 is 1.06 bits per heavy atom. The minimum Gasteiger partial charge on any atom is -0.459 e. The van der Waals surface area contributed by atoms with Crippen LogP contribution in [-0.2, 0) is 35.3 Å². The first-order valence-corrected chi connectivity index (χ1v) is 16.0. The fourth-order valence-electron chi connectivity index (χ4n) is 5.22. The summed E-state index contributed by atoms with van der Waals surface area (Å²) in [5.41, 5.74) is -0.230. The number of carbonyl (C=O) groups excluding carboxylic acids is 6. The molecule has 12 nitrogen and oxygen atoms in total. The van der Waals surface area contributed by atoms with Gasteiger partial charge in [0.15, 0.2) is 0 Å². The molecular weight excluding hydrogens is 609 g/mol. The maximum Gasteiger partial charge on any atom is 0.329 e. The fourth-order valence-corrected chi connectivity index (χ4v) is 5.22. The van der Waals surface area contributed by atoms with Crippen LogP contribution < -0.4 is 21.3 Å². The molecule has 0 aliphatic carbocycles. The number of nitrogens with zero attached hydrogens (tertiary/aromatic N) is 1. The highest BCUT2D eigenvalue weighted by Gasteiger charge is 2.45. The van der Waals surface area contributed by atoms with E-state index in [-0.39, 0.29) is 38.0 Å².